The molecule has 152 valence electrons. The monoisotopic (exact) mass is 399 g/mol. The maximum atomic E-state index is 13.4. The summed E-state index contributed by atoms with van der Waals surface area (Å²) in [6, 6.07) is 11.3. The van der Waals surface area contributed by atoms with E-state index in [0.29, 0.717) is 12.1 Å². The number of primary amides is 1. The van der Waals surface area contributed by atoms with Crippen LogP contribution in [0, 0.1) is 11.6 Å². The summed E-state index contributed by atoms with van der Waals surface area (Å²) in [6.45, 7) is 2.24. The number of amides is 1. The van der Waals surface area contributed by atoms with Gasteiger partial charge >= 0.3 is 0 Å². The Morgan fingerprint density at radius 1 is 1.10 bits per heavy atom. The molecule has 2 heterocycles. The van der Waals surface area contributed by atoms with Crippen LogP contribution in [0.2, 0.25) is 0 Å². The van der Waals surface area contributed by atoms with Crippen LogP contribution in [0.1, 0.15) is 18.4 Å². The Morgan fingerprint density at radius 3 is 2.52 bits per heavy atom. The van der Waals surface area contributed by atoms with E-state index in [9.17, 15) is 13.6 Å². The van der Waals surface area contributed by atoms with Gasteiger partial charge in [-0.3, -0.25) is 9.69 Å². The minimum Gasteiger partial charge on any atom is -0.490 e. The van der Waals surface area contributed by atoms with Crippen LogP contribution in [0.4, 0.5) is 8.78 Å². The molecule has 2 aromatic carbocycles. The Bertz CT molecular complexity index is 1010. The van der Waals surface area contributed by atoms with Gasteiger partial charge in [0.25, 0.3) is 0 Å². The predicted octanol–water partition coefficient (Wildman–Crippen LogP) is 3.45. The van der Waals surface area contributed by atoms with E-state index in [0.717, 1.165) is 48.6 Å². The number of halogens is 2. The second-order valence-electron chi connectivity index (χ2n) is 7.47. The molecule has 5 nitrogen and oxygen atoms in total. The molecule has 1 saturated heterocycles. The van der Waals surface area contributed by atoms with Crippen LogP contribution < -0.4 is 10.5 Å². The van der Waals surface area contributed by atoms with Crippen molar-refractivity contribution in [3.63, 3.8) is 0 Å². The van der Waals surface area contributed by atoms with Crippen LogP contribution in [0.25, 0.3) is 10.9 Å². The second-order valence-corrected chi connectivity index (χ2v) is 7.47. The fourth-order valence-electron chi connectivity index (χ4n) is 3.93. The number of piperidine rings is 1. The average molecular weight is 399 g/mol. The lowest BCUT2D eigenvalue weighted by Gasteiger charge is -2.32. The van der Waals surface area contributed by atoms with Crippen molar-refractivity contribution in [3.05, 3.63) is 65.9 Å². The molecule has 0 radical (unpaired) electrons. The van der Waals surface area contributed by atoms with E-state index < -0.39 is 11.6 Å². The molecule has 0 saturated carbocycles. The number of carbonyl (C=O) groups is 1. The summed E-state index contributed by atoms with van der Waals surface area (Å²) >= 11 is 0. The van der Waals surface area contributed by atoms with E-state index in [1.54, 1.807) is 0 Å². The number of benzene rings is 2. The zero-order valence-electron chi connectivity index (χ0n) is 16.0. The molecule has 1 aromatic heterocycles. The fourth-order valence-corrected chi connectivity index (χ4v) is 3.93. The van der Waals surface area contributed by atoms with E-state index in [-0.39, 0.29) is 18.6 Å². The topological polar surface area (TPSA) is 60.5 Å². The third kappa shape index (κ3) is 4.56. The maximum absolute atomic E-state index is 13.4. The van der Waals surface area contributed by atoms with Crippen molar-refractivity contribution in [2.75, 3.05) is 13.1 Å². The summed E-state index contributed by atoms with van der Waals surface area (Å²) in [5, 5.41) is 0.950. The molecule has 0 spiro atoms. The zero-order valence-corrected chi connectivity index (χ0v) is 16.0. The third-order valence-electron chi connectivity index (χ3n) is 5.26. The summed E-state index contributed by atoms with van der Waals surface area (Å²) < 4.78 is 34.8. The van der Waals surface area contributed by atoms with E-state index in [1.165, 1.54) is 12.1 Å². The van der Waals surface area contributed by atoms with Crippen LogP contribution in [-0.4, -0.2) is 34.6 Å². The normalized spacial score (nSPS) is 15.7. The molecule has 0 unspecified atom stereocenters. The highest BCUT2D eigenvalue weighted by Crippen LogP contribution is 2.29. The standard InChI is InChI=1S/C22H23F2N3O2/c23-16-10-15(11-17(24)12-16)13-26-7-4-18(5-8-26)29-21-3-1-2-20-19(21)6-9-27(20)14-22(25)28/h1-3,6,9-12,18H,4-5,7-8,13-14H2,(H2,25,28). The molecule has 1 amide bonds. The molecule has 2 N–H and O–H groups in total. The Labute approximate surface area is 167 Å². The number of aromatic nitrogens is 1. The zero-order chi connectivity index (χ0) is 20.4. The van der Waals surface area contributed by atoms with E-state index in [2.05, 4.69) is 4.90 Å². The molecule has 0 atom stereocenters. The summed E-state index contributed by atoms with van der Waals surface area (Å²) in [5.41, 5.74) is 6.86. The lowest BCUT2D eigenvalue weighted by atomic mass is 10.1. The number of carbonyl (C=O) groups excluding carboxylic acids is 1. The number of hydrogen-bond donors (Lipinski definition) is 1. The molecule has 29 heavy (non-hydrogen) atoms. The third-order valence-corrected chi connectivity index (χ3v) is 5.26. The van der Waals surface area contributed by atoms with Crippen LogP contribution >= 0.6 is 0 Å². The largest absolute Gasteiger partial charge is 0.490 e. The Balaban J connectivity index is 1.38. The van der Waals surface area contributed by atoms with Crippen molar-refractivity contribution in [1.29, 1.82) is 0 Å². The molecule has 0 aliphatic carbocycles. The number of nitrogens with two attached hydrogens (primary N) is 1. The Hall–Kier alpha value is -2.93. The minimum atomic E-state index is -0.547. The highest BCUT2D eigenvalue weighted by atomic mass is 19.1. The second kappa shape index (κ2) is 8.21. The molecule has 7 heteroatoms. The van der Waals surface area contributed by atoms with Gasteiger partial charge in [0.15, 0.2) is 0 Å². The summed E-state index contributed by atoms with van der Waals surface area (Å²) in [6.07, 6.45) is 3.57. The first-order valence-electron chi connectivity index (χ1n) is 9.68. The molecule has 4 rings (SSSR count). The van der Waals surface area contributed by atoms with Gasteiger partial charge in [-0.1, -0.05) is 6.07 Å². The lowest BCUT2D eigenvalue weighted by Crippen LogP contribution is -2.37. The van der Waals surface area contributed by atoms with Crippen LogP contribution in [-0.2, 0) is 17.9 Å². The molecule has 0 bridgehead atoms. The molecule has 1 aliphatic rings. The first kappa shape index (κ1) is 19.4. The molecular formula is C22H23F2N3O2. The number of ether oxygens (including phenoxy) is 1. The van der Waals surface area contributed by atoms with Crippen LogP contribution in [0.3, 0.4) is 0 Å². The number of nitrogens with zero attached hydrogens (tertiary/aromatic N) is 2. The quantitative estimate of drug-likeness (QED) is 0.691. The first-order chi connectivity index (χ1) is 14.0. The van der Waals surface area contributed by atoms with Gasteiger partial charge in [-0.2, -0.15) is 0 Å². The van der Waals surface area contributed by atoms with Gasteiger partial charge in [-0.15, -0.1) is 0 Å². The fraction of sp³-hybridized carbons (Fsp3) is 0.318. The van der Waals surface area contributed by atoms with Gasteiger partial charge in [-0.05, 0) is 48.7 Å². The van der Waals surface area contributed by atoms with Crippen molar-refractivity contribution >= 4 is 16.8 Å². The van der Waals surface area contributed by atoms with Gasteiger partial charge in [0.2, 0.25) is 5.91 Å². The summed E-state index contributed by atoms with van der Waals surface area (Å²) in [7, 11) is 0. The number of hydrogen-bond acceptors (Lipinski definition) is 3. The van der Waals surface area contributed by atoms with Crippen molar-refractivity contribution in [1.82, 2.24) is 9.47 Å². The molecule has 1 aliphatic heterocycles. The SMILES string of the molecule is NC(=O)Cn1ccc2c(OC3CCN(Cc4cc(F)cc(F)c4)CC3)cccc21. The lowest BCUT2D eigenvalue weighted by molar-refractivity contribution is -0.118. The van der Waals surface area contributed by atoms with E-state index in [4.69, 9.17) is 10.5 Å². The highest BCUT2D eigenvalue weighted by Gasteiger charge is 2.22. The highest BCUT2D eigenvalue weighted by molar-refractivity contribution is 5.87. The van der Waals surface area contributed by atoms with Crippen molar-refractivity contribution < 1.29 is 18.3 Å². The number of rotatable bonds is 6. The maximum Gasteiger partial charge on any atom is 0.237 e. The van der Waals surface area contributed by atoms with Crippen molar-refractivity contribution in [3.8, 4) is 5.75 Å². The van der Waals surface area contributed by atoms with Crippen molar-refractivity contribution in [2.24, 2.45) is 5.73 Å². The summed E-state index contributed by atoms with van der Waals surface area (Å²) in [4.78, 5) is 13.4. The van der Waals surface area contributed by atoms with Crippen LogP contribution in [0.15, 0.2) is 48.7 Å². The van der Waals surface area contributed by atoms with Gasteiger partial charge in [-0.25, -0.2) is 8.78 Å². The molecule has 1 fully saturated rings. The first-order valence-corrected chi connectivity index (χ1v) is 9.68. The van der Waals surface area contributed by atoms with E-state index in [1.807, 2.05) is 35.0 Å². The number of likely N-dealkylation sites (tertiary alicyclic amines) is 1. The number of fused-ring (bicyclic) bond motifs is 1. The van der Waals surface area contributed by atoms with E-state index >= 15 is 0 Å². The smallest absolute Gasteiger partial charge is 0.237 e. The molecular weight excluding hydrogens is 376 g/mol. The van der Waals surface area contributed by atoms with Gasteiger partial charge in [0.1, 0.15) is 30.0 Å². The van der Waals surface area contributed by atoms with Gasteiger partial charge < -0.3 is 15.0 Å². The molecule has 3 aromatic rings. The van der Waals surface area contributed by atoms with Crippen molar-refractivity contribution in [2.45, 2.75) is 32.0 Å². The Morgan fingerprint density at radius 2 is 1.83 bits per heavy atom. The minimum absolute atomic E-state index is 0.0700. The Kier molecular flexibility index (Phi) is 5.49. The predicted molar refractivity (Wildman–Crippen MR) is 106 cm³/mol. The average Bonchev–Trinajstić information content (AvgIpc) is 3.06. The van der Waals surface area contributed by atoms with Gasteiger partial charge in [0.05, 0.1) is 5.52 Å². The van der Waals surface area contributed by atoms with Gasteiger partial charge in [0, 0.05) is 37.3 Å². The van der Waals surface area contributed by atoms with Crippen LogP contribution in [0.5, 0.6) is 5.75 Å². The summed E-state index contributed by atoms with van der Waals surface area (Å²) in [5.74, 6) is -0.695.